The second kappa shape index (κ2) is 4.76. The zero-order valence-electron chi connectivity index (χ0n) is 9.60. The minimum Gasteiger partial charge on any atom is -0.388 e. The minimum atomic E-state index is -4.19. The van der Waals surface area contributed by atoms with Gasteiger partial charge in [-0.3, -0.25) is 0 Å². The molecule has 1 unspecified atom stereocenters. The van der Waals surface area contributed by atoms with Gasteiger partial charge in [-0.25, -0.2) is 0 Å². The summed E-state index contributed by atoms with van der Waals surface area (Å²) in [4.78, 5) is 0. The van der Waals surface area contributed by atoms with Crippen LogP contribution < -0.4 is 5.32 Å². The number of hydrogen-bond donors (Lipinski definition) is 1. The van der Waals surface area contributed by atoms with Crippen LogP contribution >= 0.6 is 0 Å². The van der Waals surface area contributed by atoms with E-state index in [1.165, 1.54) is 12.1 Å². The summed E-state index contributed by atoms with van der Waals surface area (Å²) in [5, 5.41) is 2.88. The smallest absolute Gasteiger partial charge is 0.388 e. The first kappa shape index (κ1) is 12.9. The average molecular weight is 231 g/mol. The first-order valence-electron chi connectivity index (χ1n) is 5.20. The molecule has 0 aliphatic heterocycles. The van der Waals surface area contributed by atoms with E-state index in [0.29, 0.717) is 5.56 Å². The van der Waals surface area contributed by atoms with Crippen LogP contribution in [0.5, 0.6) is 0 Å². The zero-order chi connectivity index (χ0) is 12.3. The summed E-state index contributed by atoms with van der Waals surface area (Å²) >= 11 is 0. The van der Waals surface area contributed by atoms with Crippen molar-refractivity contribution in [1.82, 2.24) is 0 Å². The molecule has 0 aliphatic carbocycles. The molecule has 0 amide bonds. The number of rotatable bonds is 3. The lowest BCUT2D eigenvalue weighted by atomic mass is 9.88. The average Bonchev–Trinajstić information content (AvgIpc) is 2.16. The number of anilines is 1. The third-order valence-electron chi connectivity index (χ3n) is 2.58. The van der Waals surface area contributed by atoms with Crippen molar-refractivity contribution in [3.05, 3.63) is 29.8 Å². The monoisotopic (exact) mass is 231 g/mol. The summed E-state index contributed by atoms with van der Waals surface area (Å²) in [5.41, 5.74) is 1.13. The van der Waals surface area contributed by atoms with Gasteiger partial charge in [0, 0.05) is 12.7 Å². The summed E-state index contributed by atoms with van der Waals surface area (Å²) in [6.45, 7) is 3.17. The van der Waals surface area contributed by atoms with E-state index in [0.717, 1.165) is 5.69 Å². The number of benzene rings is 1. The topological polar surface area (TPSA) is 12.0 Å². The van der Waals surface area contributed by atoms with E-state index in [2.05, 4.69) is 5.32 Å². The zero-order valence-corrected chi connectivity index (χ0v) is 9.60. The van der Waals surface area contributed by atoms with Crippen molar-refractivity contribution < 1.29 is 13.2 Å². The van der Waals surface area contributed by atoms with Crippen LogP contribution in [0, 0.1) is 5.92 Å². The standard InChI is InChI=1S/C12H16F3N/c1-8(2)11(12(13,14)15)9-4-6-10(16-3)7-5-9/h4-8,11,16H,1-3H3. The lowest BCUT2D eigenvalue weighted by Gasteiger charge is -2.24. The number of halogens is 3. The van der Waals surface area contributed by atoms with Gasteiger partial charge in [-0.15, -0.1) is 0 Å². The Kier molecular flexibility index (Phi) is 3.83. The molecule has 1 aromatic carbocycles. The summed E-state index contributed by atoms with van der Waals surface area (Å²) < 4.78 is 38.5. The molecule has 4 heteroatoms. The molecule has 1 rings (SSSR count). The molecule has 0 aliphatic rings. The van der Waals surface area contributed by atoms with Crippen LogP contribution in [0.25, 0.3) is 0 Å². The summed E-state index contributed by atoms with van der Waals surface area (Å²) in [6.07, 6.45) is -4.19. The van der Waals surface area contributed by atoms with Crippen LogP contribution in [0.3, 0.4) is 0 Å². The third kappa shape index (κ3) is 2.90. The van der Waals surface area contributed by atoms with Gasteiger partial charge < -0.3 is 5.32 Å². The van der Waals surface area contributed by atoms with Gasteiger partial charge in [0.2, 0.25) is 0 Å². The molecule has 0 aromatic heterocycles. The molecule has 0 fully saturated rings. The van der Waals surface area contributed by atoms with Gasteiger partial charge in [0.05, 0.1) is 5.92 Å². The maximum Gasteiger partial charge on any atom is 0.395 e. The number of alkyl halides is 3. The van der Waals surface area contributed by atoms with E-state index in [1.807, 2.05) is 0 Å². The Hall–Kier alpha value is -1.19. The van der Waals surface area contributed by atoms with Crippen molar-refractivity contribution >= 4 is 5.69 Å². The molecule has 0 saturated carbocycles. The van der Waals surface area contributed by atoms with E-state index < -0.39 is 18.0 Å². The molecule has 1 aromatic rings. The highest BCUT2D eigenvalue weighted by Gasteiger charge is 2.42. The molecule has 16 heavy (non-hydrogen) atoms. The molecule has 0 saturated heterocycles. The largest absolute Gasteiger partial charge is 0.395 e. The Morgan fingerprint density at radius 1 is 1.06 bits per heavy atom. The molecule has 0 bridgehead atoms. The maximum absolute atomic E-state index is 12.8. The quantitative estimate of drug-likeness (QED) is 0.828. The molecule has 1 atom stereocenters. The summed E-state index contributed by atoms with van der Waals surface area (Å²) in [7, 11) is 1.73. The lowest BCUT2D eigenvalue weighted by Crippen LogP contribution is -2.25. The Bertz CT molecular complexity index is 327. The minimum absolute atomic E-state index is 0.321. The lowest BCUT2D eigenvalue weighted by molar-refractivity contribution is -0.159. The predicted molar refractivity (Wildman–Crippen MR) is 59.6 cm³/mol. The predicted octanol–water partition coefficient (Wildman–Crippen LogP) is 4.03. The van der Waals surface area contributed by atoms with E-state index in [1.54, 1.807) is 33.0 Å². The van der Waals surface area contributed by atoms with Crippen LogP contribution in [0.1, 0.15) is 25.3 Å². The van der Waals surface area contributed by atoms with E-state index >= 15 is 0 Å². The summed E-state index contributed by atoms with van der Waals surface area (Å²) in [6, 6.07) is 6.39. The molecule has 1 N–H and O–H groups in total. The van der Waals surface area contributed by atoms with Crippen molar-refractivity contribution in [2.75, 3.05) is 12.4 Å². The summed E-state index contributed by atoms with van der Waals surface area (Å²) in [5.74, 6) is -1.85. The van der Waals surface area contributed by atoms with Crippen LogP contribution in [0.4, 0.5) is 18.9 Å². The highest BCUT2D eigenvalue weighted by molar-refractivity contribution is 5.44. The van der Waals surface area contributed by atoms with Gasteiger partial charge in [-0.2, -0.15) is 13.2 Å². The molecule has 90 valence electrons. The highest BCUT2D eigenvalue weighted by Crippen LogP contribution is 2.40. The van der Waals surface area contributed by atoms with Crippen molar-refractivity contribution in [1.29, 1.82) is 0 Å². The van der Waals surface area contributed by atoms with E-state index in [4.69, 9.17) is 0 Å². The fourth-order valence-corrected chi connectivity index (χ4v) is 1.81. The van der Waals surface area contributed by atoms with Crippen LogP contribution in [-0.2, 0) is 0 Å². The Balaban J connectivity index is 3.03. The van der Waals surface area contributed by atoms with Crippen molar-refractivity contribution in [3.8, 4) is 0 Å². The van der Waals surface area contributed by atoms with Gasteiger partial charge in [0.25, 0.3) is 0 Å². The van der Waals surface area contributed by atoms with E-state index in [9.17, 15) is 13.2 Å². The highest BCUT2D eigenvalue weighted by atomic mass is 19.4. The molecular weight excluding hydrogens is 215 g/mol. The first-order chi connectivity index (χ1) is 7.36. The molecular formula is C12H16F3N. The van der Waals surface area contributed by atoms with E-state index in [-0.39, 0.29) is 0 Å². The maximum atomic E-state index is 12.8. The SMILES string of the molecule is CNc1ccc(C(C(C)C)C(F)(F)F)cc1. The third-order valence-corrected chi connectivity index (χ3v) is 2.58. The van der Waals surface area contributed by atoms with Crippen LogP contribution in [-0.4, -0.2) is 13.2 Å². The molecule has 0 radical (unpaired) electrons. The van der Waals surface area contributed by atoms with Crippen LogP contribution in [0.15, 0.2) is 24.3 Å². The van der Waals surface area contributed by atoms with Crippen LogP contribution in [0.2, 0.25) is 0 Å². The molecule has 0 spiro atoms. The normalized spacial score (nSPS) is 13.9. The fourth-order valence-electron chi connectivity index (χ4n) is 1.81. The fraction of sp³-hybridized carbons (Fsp3) is 0.500. The number of hydrogen-bond acceptors (Lipinski definition) is 1. The van der Waals surface area contributed by atoms with Gasteiger partial charge >= 0.3 is 6.18 Å². The van der Waals surface area contributed by atoms with Gasteiger partial charge in [-0.1, -0.05) is 26.0 Å². The van der Waals surface area contributed by atoms with Crippen molar-refractivity contribution in [2.24, 2.45) is 5.92 Å². The van der Waals surface area contributed by atoms with Crippen molar-refractivity contribution in [3.63, 3.8) is 0 Å². The second-order valence-electron chi connectivity index (χ2n) is 4.14. The Labute approximate surface area is 93.7 Å². The van der Waals surface area contributed by atoms with Crippen molar-refractivity contribution in [2.45, 2.75) is 25.9 Å². The molecule has 0 heterocycles. The first-order valence-corrected chi connectivity index (χ1v) is 5.20. The Morgan fingerprint density at radius 2 is 1.56 bits per heavy atom. The second-order valence-corrected chi connectivity index (χ2v) is 4.14. The number of nitrogens with one attached hydrogen (secondary N) is 1. The van der Waals surface area contributed by atoms with Gasteiger partial charge in [0.15, 0.2) is 0 Å². The Morgan fingerprint density at radius 3 is 1.88 bits per heavy atom. The molecule has 1 nitrogen and oxygen atoms in total. The van der Waals surface area contributed by atoms with Gasteiger partial charge in [-0.05, 0) is 23.6 Å². The van der Waals surface area contributed by atoms with Gasteiger partial charge in [0.1, 0.15) is 0 Å².